The summed E-state index contributed by atoms with van der Waals surface area (Å²) in [6.07, 6.45) is 4.16. The smallest absolute Gasteiger partial charge is 0.230 e. The van der Waals surface area contributed by atoms with Gasteiger partial charge in [-0.3, -0.25) is 4.79 Å². The molecule has 4 nitrogen and oxygen atoms in total. The van der Waals surface area contributed by atoms with E-state index in [1.807, 2.05) is 0 Å². The number of allylic oxidation sites excluding steroid dienone is 2. The van der Waals surface area contributed by atoms with Crippen molar-refractivity contribution in [1.29, 1.82) is 0 Å². The van der Waals surface area contributed by atoms with Crippen molar-refractivity contribution < 1.29 is 4.79 Å². The van der Waals surface area contributed by atoms with Gasteiger partial charge >= 0.3 is 0 Å². The highest BCUT2D eigenvalue weighted by Gasteiger charge is 2.60. The molecule has 1 heterocycles. The predicted molar refractivity (Wildman–Crippen MR) is 82.7 cm³/mol. The van der Waals surface area contributed by atoms with Gasteiger partial charge in [0.25, 0.3) is 0 Å². The number of amides is 1. The van der Waals surface area contributed by atoms with E-state index in [1.54, 1.807) is 0 Å². The molecule has 20 heavy (non-hydrogen) atoms. The number of anilines is 1. The molecule has 1 aromatic heterocycles. The highest BCUT2D eigenvalue weighted by atomic mass is 32.1. The van der Waals surface area contributed by atoms with Gasteiger partial charge in [-0.25, -0.2) is 0 Å². The average Bonchev–Trinajstić information content (AvgIpc) is 2.70. The molecule has 0 radical (unpaired) electrons. The topological polar surface area (TPSA) is 54.9 Å². The summed E-state index contributed by atoms with van der Waals surface area (Å²) < 4.78 is 0. The monoisotopic (exact) mass is 293 g/mol. The van der Waals surface area contributed by atoms with Crippen LogP contribution in [0.15, 0.2) is 11.6 Å². The van der Waals surface area contributed by atoms with Crippen LogP contribution < -0.4 is 5.32 Å². The summed E-state index contributed by atoms with van der Waals surface area (Å²) >= 11 is 1.48. The summed E-state index contributed by atoms with van der Waals surface area (Å²) in [4.78, 5) is 12.3. The van der Waals surface area contributed by atoms with Crippen LogP contribution in [0.5, 0.6) is 0 Å². The normalized spacial score (nSPS) is 23.2. The van der Waals surface area contributed by atoms with Crippen LogP contribution in [0.2, 0.25) is 0 Å². The third kappa shape index (κ3) is 3.08. The lowest BCUT2D eigenvalue weighted by atomic mass is 10.1. The average molecular weight is 293 g/mol. The number of hydrogen-bond acceptors (Lipinski definition) is 4. The Morgan fingerprint density at radius 3 is 2.70 bits per heavy atom. The molecule has 1 amide bonds. The molecular weight excluding hydrogens is 270 g/mol. The number of rotatable bonds is 5. The lowest BCUT2D eigenvalue weighted by Gasteiger charge is -2.01. The molecule has 1 aliphatic rings. The number of nitrogens with zero attached hydrogens (tertiary/aromatic N) is 2. The second-order valence-corrected chi connectivity index (χ2v) is 7.37. The molecule has 0 aliphatic heterocycles. The van der Waals surface area contributed by atoms with Gasteiger partial charge in [0.15, 0.2) is 0 Å². The van der Waals surface area contributed by atoms with Gasteiger partial charge in [0.1, 0.15) is 5.01 Å². The standard InChI is InChI=1S/C15H23N3OS/c1-6-7-11-17-18-14(20-11)16-13(19)12-10(8-9(2)3)15(12,4)5/h8,10,12H,6-7H2,1-5H3,(H,16,18,19)/t10-,12+/m0/s1. The van der Waals surface area contributed by atoms with Crippen molar-refractivity contribution in [3.63, 3.8) is 0 Å². The van der Waals surface area contributed by atoms with E-state index in [-0.39, 0.29) is 17.2 Å². The fourth-order valence-corrected chi connectivity index (χ4v) is 3.50. The van der Waals surface area contributed by atoms with Crippen molar-refractivity contribution in [3.8, 4) is 0 Å². The van der Waals surface area contributed by atoms with Crippen molar-refractivity contribution >= 4 is 22.4 Å². The van der Waals surface area contributed by atoms with Crippen molar-refractivity contribution in [1.82, 2.24) is 10.2 Å². The summed E-state index contributed by atoms with van der Waals surface area (Å²) in [5.41, 5.74) is 1.30. The molecule has 0 unspecified atom stereocenters. The zero-order valence-electron chi connectivity index (χ0n) is 12.9. The third-order valence-electron chi connectivity index (χ3n) is 3.87. The Bertz CT molecular complexity index is 529. The Balaban J connectivity index is 2.00. The minimum atomic E-state index is 0.0379. The maximum absolute atomic E-state index is 12.3. The SMILES string of the molecule is CCCc1nnc(NC(=O)[C@H]2[C@H](C=C(C)C)C2(C)C)s1. The Morgan fingerprint density at radius 1 is 1.40 bits per heavy atom. The van der Waals surface area contributed by atoms with Gasteiger partial charge in [-0.1, -0.05) is 43.8 Å². The van der Waals surface area contributed by atoms with E-state index in [0.29, 0.717) is 11.0 Å². The summed E-state index contributed by atoms with van der Waals surface area (Å²) in [5, 5.41) is 12.6. The van der Waals surface area contributed by atoms with Crippen LogP contribution in [0.25, 0.3) is 0 Å². The fraction of sp³-hybridized carbons (Fsp3) is 0.667. The maximum atomic E-state index is 12.3. The van der Waals surface area contributed by atoms with Crippen LogP contribution in [-0.4, -0.2) is 16.1 Å². The first-order valence-corrected chi connectivity index (χ1v) is 7.96. The quantitative estimate of drug-likeness (QED) is 0.843. The summed E-state index contributed by atoms with van der Waals surface area (Å²) in [5.74, 6) is 0.433. The minimum absolute atomic E-state index is 0.0379. The first kappa shape index (κ1) is 15.2. The molecule has 1 fully saturated rings. The van der Waals surface area contributed by atoms with E-state index in [4.69, 9.17) is 0 Å². The lowest BCUT2D eigenvalue weighted by molar-refractivity contribution is -0.118. The van der Waals surface area contributed by atoms with E-state index in [0.717, 1.165) is 17.8 Å². The Labute approximate surface area is 124 Å². The maximum Gasteiger partial charge on any atom is 0.230 e. The highest BCUT2D eigenvalue weighted by molar-refractivity contribution is 7.15. The molecule has 5 heteroatoms. The first-order chi connectivity index (χ1) is 9.36. The van der Waals surface area contributed by atoms with Gasteiger partial charge in [-0.15, -0.1) is 10.2 Å². The zero-order valence-corrected chi connectivity index (χ0v) is 13.7. The zero-order chi connectivity index (χ0) is 14.9. The van der Waals surface area contributed by atoms with E-state index >= 15 is 0 Å². The molecule has 1 aliphatic carbocycles. The number of aromatic nitrogens is 2. The second kappa shape index (κ2) is 5.64. The van der Waals surface area contributed by atoms with Crippen LogP contribution >= 0.6 is 11.3 Å². The molecule has 1 aromatic rings. The molecular formula is C15H23N3OS. The van der Waals surface area contributed by atoms with E-state index < -0.39 is 0 Å². The van der Waals surface area contributed by atoms with Crippen molar-refractivity contribution in [3.05, 3.63) is 16.7 Å². The number of carbonyl (C=O) groups excluding carboxylic acids is 1. The molecule has 1 N–H and O–H groups in total. The molecule has 110 valence electrons. The highest BCUT2D eigenvalue weighted by Crippen LogP contribution is 2.59. The summed E-state index contributed by atoms with van der Waals surface area (Å²) in [6.45, 7) is 10.5. The fourth-order valence-electron chi connectivity index (χ4n) is 2.65. The Hall–Kier alpha value is -1.23. The Morgan fingerprint density at radius 2 is 2.10 bits per heavy atom. The molecule has 2 atom stereocenters. The van der Waals surface area contributed by atoms with E-state index in [2.05, 4.69) is 56.2 Å². The van der Waals surface area contributed by atoms with Crippen molar-refractivity contribution in [2.75, 3.05) is 5.32 Å². The first-order valence-electron chi connectivity index (χ1n) is 7.14. The number of carbonyl (C=O) groups is 1. The molecule has 0 saturated heterocycles. The Kier molecular flexibility index (Phi) is 4.28. The molecule has 2 rings (SSSR count). The molecule has 0 bridgehead atoms. The third-order valence-corrected chi connectivity index (χ3v) is 4.77. The van der Waals surface area contributed by atoms with Crippen LogP contribution in [0.4, 0.5) is 5.13 Å². The van der Waals surface area contributed by atoms with Crippen LogP contribution in [0.3, 0.4) is 0 Å². The predicted octanol–water partition coefficient (Wildman–Crippen LogP) is 3.67. The van der Waals surface area contributed by atoms with E-state index in [9.17, 15) is 4.79 Å². The molecule has 1 saturated carbocycles. The number of nitrogens with one attached hydrogen (secondary N) is 1. The van der Waals surface area contributed by atoms with E-state index in [1.165, 1.54) is 16.9 Å². The van der Waals surface area contributed by atoms with Gasteiger partial charge in [0.05, 0.1) is 5.92 Å². The van der Waals surface area contributed by atoms with Gasteiger partial charge in [0, 0.05) is 6.42 Å². The van der Waals surface area contributed by atoms with Gasteiger partial charge in [-0.05, 0) is 31.6 Å². The summed E-state index contributed by atoms with van der Waals surface area (Å²) in [7, 11) is 0. The lowest BCUT2D eigenvalue weighted by Crippen LogP contribution is -2.16. The van der Waals surface area contributed by atoms with Gasteiger partial charge in [0.2, 0.25) is 11.0 Å². The second-order valence-electron chi connectivity index (χ2n) is 6.31. The molecule has 0 spiro atoms. The molecule has 0 aromatic carbocycles. The number of aryl methyl sites for hydroxylation is 1. The minimum Gasteiger partial charge on any atom is -0.300 e. The largest absolute Gasteiger partial charge is 0.300 e. The van der Waals surface area contributed by atoms with Crippen LogP contribution in [0.1, 0.15) is 46.0 Å². The van der Waals surface area contributed by atoms with Crippen molar-refractivity contribution in [2.24, 2.45) is 17.3 Å². The van der Waals surface area contributed by atoms with Crippen LogP contribution in [0, 0.1) is 17.3 Å². The number of hydrogen-bond donors (Lipinski definition) is 1. The van der Waals surface area contributed by atoms with Gasteiger partial charge in [-0.2, -0.15) is 0 Å². The van der Waals surface area contributed by atoms with Gasteiger partial charge < -0.3 is 5.32 Å². The summed E-state index contributed by atoms with van der Waals surface area (Å²) in [6, 6.07) is 0. The van der Waals surface area contributed by atoms with Crippen LogP contribution in [-0.2, 0) is 11.2 Å². The van der Waals surface area contributed by atoms with Crippen molar-refractivity contribution in [2.45, 2.75) is 47.5 Å².